The van der Waals surface area contributed by atoms with Crippen molar-refractivity contribution in [1.29, 1.82) is 5.26 Å². The number of aromatic nitrogens is 1. The first-order valence-electron chi connectivity index (χ1n) is 9.94. The topological polar surface area (TPSA) is 95.3 Å². The molecule has 0 aromatic carbocycles. The Morgan fingerprint density at radius 1 is 1.43 bits per heavy atom. The van der Waals surface area contributed by atoms with Gasteiger partial charge in [-0.2, -0.15) is 5.26 Å². The van der Waals surface area contributed by atoms with Crippen LogP contribution in [0.25, 0.3) is 6.08 Å². The molecule has 7 nitrogen and oxygen atoms in total. The second-order valence-corrected chi connectivity index (χ2v) is 7.95. The first kappa shape index (κ1) is 21.5. The van der Waals surface area contributed by atoms with Crippen molar-refractivity contribution in [2.75, 3.05) is 18.4 Å². The van der Waals surface area contributed by atoms with Crippen LogP contribution >= 0.6 is 11.3 Å². The molecule has 1 unspecified atom stereocenters. The second-order valence-electron chi connectivity index (χ2n) is 6.85. The highest BCUT2D eigenvalue weighted by molar-refractivity contribution is 7.16. The number of thiophene rings is 1. The van der Waals surface area contributed by atoms with Gasteiger partial charge in [0.15, 0.2) is 0 Å². The summed E-state index contributed by atoms with van der Waals surface area (Å²) < 4.78 is 5.65. The van der Waals surface area contributed by atoms with E-state index in [9.17, 15) is 14.9 Å². The van der Waals surface area contributed by atoms with Gasteiger partial charge in [0.1, 0.15) is 17.2 Å². The second kappa shape index (κ2) is 10.0. The minimum atomic E-state index is -0.307. The summed E-state index contributed by atoms with van der Waals surface area (Å²) in [5.41, 5.74) is 2.27. The summed E-state index contributed by atoms with van der Waals surface area (Å²) in [6.45, 7) is 5.04. The van der Waals surface area contributed by atoms with E-state index in [4.69, 9.17) is 4.74 Å². The molecule has 0 spiro atoms. The Morgan fingerprint density at radius 3 is 2.90 bits per heavy atom. The predicted octanol–water partition coefficient (Wildman–Crippen LogP) is 4.00. The number of ether oxygens (including phenoxy) is 1. The third kappa shape index (κ3) is 5.05. The van der Waals surface area contributed by atoms with E-state index in [1.165, 1.54) is 17.4 Å². The van der Waals surface area contributed by atoms with E-state index in [0.717, 1.165) is 16.0 Å². The molecule has 0 saturated carbocycles. The molecule has 30 heavy (non-hydrogen) atoms. The monoisotopic (exact) mass is 424 g/mol. The van der Waals surface area contributed by atoms with E-state index in [2.05, 4.69) is 16.4 Å². The van der Waals surface area contributed by atoms with Gasteiger partial charge in [0.05, 0.1) is 5.56 Å². The average Bonchev–Trinajstić information content (AvgIpc) is 3.09. The number of hydrogen-bond donors (Lipinski definition) is 1. The molecule has 0 radical (unpaired) electrons. The van der Waals surface area contributed by atoms with Crippen LogP contribution in [0.2, 0.25) is 0 Å². The number of amides is 2. The van der Waals surface area contributed by atoms with Crippen LogP contribution in [0.3, 0.4) is 0 Å². The Morgan fingerprint density at radius 2 is 2.23 bits per heavy atom. The van der Waals surface area contributed by atoms with Crippen LogP contribution in [0.15, 0.2) is 30.6 Å². The van der Waals surface area contributed by atoms with Crippen LogP contribution in [-0.2, 0) is 22.4 Å². The number of nitriles is 1. The van der Waals surface area contributed by atoms with Gasteiger partial charge in [-0.25, -0.2) is 4.79 Å². The number of carbonyl (C=O) groups is 2. The molecule has 0 bridgehead atoms. The van der Waals surface area contributed by atoms with Crippen molar-refractivity contribution in [3.63, 3.8) is 0 Å². The minimum absolute atomic E-state index is 0.218. The van der Waals surface area contributed by atoms with Crippen LogP contribution in [0.1, 0.15) is 41.8 Å². The van der Waals surface area contributed by atoms with E-state index < -0.39 is 0 Å². The van der Waals surface area contributed by atoms with Gasteiger partial charge in [-0.3, -0.25) is 9.78 Å². The molecule has 8 heteroatoms. The van der Waals surface area contributed by atoms with Gasteiger partial charge in [0, 0.05) is 42.9 Å². The highest BCUT2D eigenvalue weighted by Gasteiger charge is 2.29. The van der Waals surface area contributed by atoms with Crippen molar-refractivity contribution in [1.82, 2.24) is 9.88 Å². The van der Waals surface area contributed by atoms with Gasteiger partial charge in [0.25, 0.3) is 0 Å². The molecule has 1 atom stereocenters. The van der Waals surface area contributed by atoms with Gasteiger partial charge < -0.3 is 15.0 Å². The third-order valence-electron chi connectivity index (χ3n) is 4.97. The summed E-state index contributed by atoms with van der Waals surface area (Å²) in [6.07, 6.45) is 7.77. The summed E-state index contributed by atoms with van der Waals surface area (Å²) in [5.74, 6) is -0.307. The summed E-state index contributed by atoms with van der Waals surface area (Å²) in [7, 11) is 0. The van der Waals surface area contributed by atoms with E-state index in [-0.39, 0.29) is 18.1 Å². The summed E-state index contributed by atoms with van der Waals surface area (Å²) >= 11 is 1.38. The molecule has 0 aliphatic heterocycles. The fourth-order valence-corrected chi connectivity index (χ4v) is 4.63. The molecule has 2 heterocycles. The van der Waals surface area contributed by atoms with Crippen molar-refractivity contribution in [3.05, 3.63) is 52.2 Å². The zero-order valence-corrected chi connectivity index (χ0v) is 17.9. The Kier molecular flexibility index (Phi) is 7.20. The Balaban J connectivity index is 1.69. The zero-order chi connectivity index (χ0) is 21.5. The van der Waals surface area contributed by atoms with Crippen molar-refractivity contribution >= 4 is 34.4 Å². The summed E-state index contributed by atoms with van der Waals surface area (Å²) in [5, 5.41) is 13.0. The van der Waals surface area contributed by atoms with Crippen LogP contribution in [-0.4, -0.2) is 41.1 Å². The van der Waals surface area contributed by atoms with Crippen LogP contribution in [0.5, 0.6) is 0 Å². The first-order chi connectivity index (χ1) is 14.5. The van der Waals surface area contributed by atoms with Gasteiger partial charge >= 0.3 is 6.09 Å². The molecule has 2 aromatic heterocycles. The largest absolute Gasteiger partial charge is 0.446 e. The predicted molar refractivity (Wildman–Crippen MR) is 116 cm³/mol. The maximum absolute atomic E-state index is 12.3. The number of rotatable bonds is 6. The lowest BCUT2D eigenvalue weighted by Gasteiger charge is -2.26. The van der Waals surface area contributed by atoms with Gasteiger partial charge in [-0.1, -0.05) is 6.07 Å². The molecule has 156 valence electrons. The van der Waals surface area contributed by atoms with E-state index in [1.807, 2.05) is 19.9 Å². The van der Waals surface area contributed by atoms with E-state index in [1.54, 1.807) is 29.4 Å². The zero-order valence-electron chi connectivity index (χ0n) is 17.1. The first-order valence-corrected chi connectivity index (χ1v) is 10.8. The number of pyridine rings is 1. The molecule has 1 aliphatic rings. The molecule has 1 N–H and O–H groups in total. The van der Waals surface area contributed by atoms with Crippen molar-refractivity contribution in [2.45, 2.75) is 39.2 Å². The minimum Gasteiger partial charge on any atom is -0.446 e. The number of fused-ring (bicyclic) bond motifs is 1. The Hall–Kier alpha value is -3.18. The number of nitrogens with zero attached hydrogens (tertiary/aromatic N) is 3. The van der Waals surface area contributed by atoms with Gasteiger partial charge in [-0.05, 0) is 50.0 Å². The van der Waals surface area contributed by atoms with Gasteiger partial charge in [-0.15, -0.1) is 11.3 Å². The number of hydrogen-bond acceptors (Lipinski definition) is 6. The van der Waals surface area contributed by atoms with Crippen LogP contribution < -0.4 is 5.32 Å². The molecule has 3 rings (SSSR count). The molecule has 0 fully saturated rings. The summed E-state index contributed by atoms with van der Waals surface area (Å²) in [4.78, 5) is 31.2. The number of carbonyl (C=O) groups excluding carboxylic acids is 2. The fraction of sp³-hybridized carbons (Fsp3) is 0.364. The maximum atomic E-state index is 12.3. The molecular weight excluding hydrogens is 400 g/mol. The lowest BCUT2D eigenvalue weighted by molar-refractivity contribution is -0.111. The highest BCUT2D eigenvalue weighted by Crippen LogP contribution is 2.38. The highest BCUT2D eigenvalue weighted by atomic mass is 32.1. The third-order valence-corrected chi connectivity index (χ3v) is 6.14. The quantitative estimate of drug-likeness (QED) is 0.707. The molecule has 1 aliphatic carbocycles. The fourth-order valence-electron chi connectivity index (χ4n) is 3.36. The Bertz CT molecular complexity index is 974. The number of nitrogens with one attached hydrogen (secondary N) is 1. The Labute approximate surface area is 180 Å². The average molecular weight is 425 g/mol. The molecule has 2 aromatic rings. The van der Waals surface area contributed by atoms with Crippen LogP contribution in [0.4, 0.5) is 9.80 Å². The smallest absolute Gasteiger partial charge is 0.410 e. The number of anilines is 1. The van der Waals surface area contributed by atoms with Crippen molar-refractivity contribution < 1.29 is 14.3 Å². The van der Waals surface area contributed by atoms with E-state index >= 15 is 0 Å². The normalized spacial score (nSPS) is 15.3. The lowest BCUT2D eigenvalue weighted by atomic mass is 9.94. The molecule has 0 saturated heterocycles. The standard InChI is InChI=1S/C22H24N4O3S/c1-3-26(4-2)22(28)29-16-8-9-17-18(13-23)21(30-19(17)12-16)25-20(27)10-7-15-6-5-11-24-14-15/h5-7,10-11,14,16H,3-4,8-9,12H2,1-2H3,(H,25,27). The van der Waals surface area contributed by atoms with Crippen LogP contribution in [0, 0.1) is 11.3 Å². The molecule has 2 amide bonds. The van der Waals surface area contributed by atoms with Crippen molar-refractivity contribution in [2.24, 2.45) is 0 Å². The van der Waals surface area contributed by atoms with Gasteiger partial charge in [0.2, 0.25) is 5.91 Å². The lowest BCUT2D eigenvalue weighted by Crippen LogP contribution is -2.35. The van der Waals surface area contributed by atoms with E-state index in [0.29, 0.717) is 42.9 Å². The SMILES string of the molecule is CCN(CC)C(=O)OC1CCc2c(sc(NC(=O)C=Cc3cccnc3)c2C#N)C1. The maximum Gasteiger partial charge on any atom is 0.410 e. The van der Waals surface area contributed by atoms with Crippen molar-refractivity contribution in [3.8, 4) is 6.07 Å². The summed E-state index contributed by atoms with van der Waals surface area (Å²) in [6, 6.07) is 5.86. The molecular formula is C22H24N4O3S.